The standard InChI is InChI=1S/C15H22NO2/c1-4-9-18-12-15(17)11-16(5-2)14-8-6-7-13(3)10-14/h4,6,8,10,15,17H,1,5,9,11-12H2,2-3H3. The molecule has 0 amide bonds. The van der Waals surface area contributed by atoms with Crippen LogP contribution in [0.4, 0.5) is 5.69 Å². The summed E-state index contributed by atoms with van der Waals surface area (Å²) < 4.78 is 5.25. The molecule has 1 rings (SSSR count). The number of aliphatic hydroxyl groups excluding tert-OH is 1. The van der Waals surface area contributed by atoms with E-state index in [2.05, 4.69) is 30.5 Å². The van der Waals surface area contributed by atoms with Crippen molar-refractivity contribution in [2.45, 2.75) is 20.0 Å². The van der Waals surface area contributed by atoms with E-state index in [0.717, 1.165) is 17.8 Å². The topological polar surface area (TPSA) is 32.7 Å². The van der Waals surface area contributed by atoms with Crippen molar-refractivity contribution in [1.29, 1.82) is 0 Å². The molecule has 1 aromatic rings. The lowest BCUT2D eigenvalue weighted by molar-refractivity contribution is 0.0533. The third-order valence-corrected chi connectivity index (χ3v) is 2.65. The molecule has 18 heavy (non-hydrogen) atoms. The molecule has 1 aromatic carbocycles. The minimum absolute atomic E-state index is 0.334. The minimum Gasteiger partial charge on any atom is -0.389 e. The van der Waals surface area contributed by atoms with Gasteiger partial charge in [-0.3, -0.25) is 0 Å². The van der Waals surface area contributed by atoms with Crippen LogP contribution < -0.4 is 4.90 Å². The Hall–Kier alpha value is -1.32. The predicted molar refractivity (Wildman–Crippen MR) is 74.9 cm³/mol. The molecule has 0 aromatic heterocycles. The van der Waals surface area contributed by atoms with Crippen molar-refractivity contribution < 1.29 is 9.84 Å². The summed E-state index contributed by atoms with van der Waals surface area (Å²) in [6, 6.07) is 9.11. The van der Waals surface area contributed by atoms with Crippen LogP contribution in [0.5, 0.6) is 0 Å². The molecule has 0 aliphatic heterocycles. The van der Waals surface area contributed by atoms with Gasteiger partial charge in [0.25, 0.3) is 0 Å². The third kappa shape index (κ3) is 4.90. The minimum atomic E-state index is -0.491. The highest BCUT2D eigenvalue weighted by Gasteiger charge is 2.11. The normalized spacial score (nSPS) is 12.2. The first-order valence-electron chi connectivity index (χ1n) is 6.27. The predicted octanol–water partition coefficient (Wildman–Crippen LogP) is 2.19. The SMILES string of the molecule is C=CCOCC(O)CN(CC)c1cc[c]c(C)c1. The highest BCUT2D eigenvalue weighted by molar-refractivity contribution is 5.48. The van der Waals surface area contributed by atoms with E-state index in [-0.39, 0.29) is 0 Å². The molecule has 99 valence electrons. The maximum Gasteiger partial charge on any atom is 0.0948 e. The monoisotopic (exact) mass is 248 g/mol. The molecule has 0 aliphatic rings. The first kappa shape index (κ1) is 14.7. The summed E-state index contributed by atoms with van der Waals surface area (Å²) in [6.45, 7) is 9.88. The van der Waals surface area contributed by atoms with E-state index < -0.39 is 6.10 Å². The fraction of sp³-hybridized carbons (Fsp3) is 0.467. The summed E-state index contributed by atoms with van der Waals surface area (Å²) in [5.74, 6) is 0. The summed E-state index contributed by atoms with van der Waals surface area (Å²) in [7, 11) is 0. The lowest BCUT2D eigenvalue weighted by Crippen LogP contribution is -2.35. The number of aliphatic hydroxyl groups is 1. The van der Waals surface area contributed by atoms with E-state index in [1.165, 1.54) is 0 Å². The number of aryl methyl sites for hydroxylation is 1. The van der Waals surface area contributed by atoms with Gasteiger partial charge >= 0.3 is 0 Å². The molecule has 0 saturated carbocycles. The highest BCUT2D eigenvalue weighted by atomic mass is 16.5. The number of ether oxygens (including phenoxy) is 1. The van der Waals surface area contributed by atoms with E-state index in [1.54, 1.807) is 6.08 Å². The van der Waals surface area contributed by atoms with Crippen LogP contribution in [0.1, 0.15) is 12.5 Å². The third-order valence-electron chi connectivity index (χ3n) is 2.65. The zero-order chi connectivity index (χ0) is 13.4. The second kappa shape index (κ2) is 7.90. The molecule has 3 nitrogen and oxygen atoms in total. The van der Waals surface area contributed by atoms with E-state index >= 15 is 0 Å². The van der Waals surface area contributed by atoms with Crippen LogP contribution in [0.25, 0.3) is 0 Å². The van der Waals surface area contributed by atoms with Crippen molar-refractivity contribution >= 4 is 5.69 Å². The van der Waals surface area contributed by atoms with Gasteiger partial charge in [-0.25, -0.2) is 0 Å². The van der Waals surface area contributed by atoms with Crippen molar-refractivity contribution in [3.63, 3.8) is 0 Å². The van der Waals surface area contributed by atoms with Gasteiger partial charge in [0.1, 0.15) is 0 Å². The van der Waals surface area contributed by atoms with Crippen LogP contribution in [-0.4, -0.2) is 37.5 Å². The van der Waals surface area contributed by atoms with Crippen LogP contribution in [0.2, 0.25) is 0 Å². The fourth-order valence-corrected chi connectivity index (χ4v) is 1.78. The molecule has 0 spiro atoms. The van der Waals surface area contributed by atoms with E-state index in [9.17, 15) is 5.11 Å². The van der Waals surface area contributed by atoms with Gasteiger partial charge in [-0.05, 0) is 37.6 Å². The number of hydrogen-bond donors (Lipinski definition) is 1. The quantitative estimate of drug-likeness (QED) is 0.565. The van der Waals surface area contributed by atoms with Crippen LogP contribution in [0.15, 0.2) is 30.9 Å². The number of hydrogen-bond acceptors (Lipinski definition) is 3. The smallest absolute Gasteiger partial charge is 0.0948 e. The largest absolute Gasteiger partial charge is 0.389 e. The number of nitrogens with zero attached hydrogens (tertiary/aromatic N) is 1. The van der Waals surface area contributed by atoms with Gasteiger partial charge in [-0.2, -0.15) is 0 Å². The van der Waals surface area contributed by atoms with Gasteiger partial charge in [-0.1, -0.05) is 12.1 Å². The second-order valence-corrected chi connectivity index (χ2v) is 4.25. The summed E-state index contributed by atoms with van der Waals surface area (Å²) in [6.07, 6.45) is 1.19. The molecule has 1 unspecified atom stereocenters. The number of anilines is 1. The van der Waals surface area contributed by atoms with Gasteiger partial charge < -0.3 is 14.7 Å². The van der Waals surface area contributed by atoms with Crippen molar-refractivity contribution in [3.05, 3.63) is 42.5 Å². The molecule has 0 fully saturated rings. The molecular formula is C15H22NO2. The Morgan fingerprint density at radius 2 is 2.39 bits per heavy atom. The average molecular weight is 248 g/mol. The Morgan fingerprint density at radius 1 is 1.61 bits per heavy atom. The number of likely N-dealkylation sites (N-methyl/N-ethyl adjacent to an activating group) is 1. The van der Waals surface area contributed by atoms with Gasteiger partial charge in [-0.15, -0.1) is 6.58 Å². The Labute approximate surface area is 110 Å². The fourth-order valence-electron chi connectivity index (χ4n) is 1.78. The van der Waals surface area contributed by atoms with Gasteiger partial charge in [0.2, 0.25) is 0 Å². The van der Waals surface area contributed by atoms with Gasteiger partial charge in [0.05, 0.1) is 19.3 Å². The lowest BCUT2D eigenvalue weighted by atomic mass is 10.2. The van der Waals surface area contributed by atoms with E-state index in [0.29, 0.717) is 19.8 Å². The zero-order valence-electron chi connectivity index (χ0n) is 11.2. The number of rotatable bonds is 8. The van der Waals surface area contributed by atoms with Crippen LogP contribution >= 0.6 is 0 Å². The van der Waals surface area contributed by atoms with Crippen LogP contribution in [-0.2, 0) is 4.74 Å². The Morgan fingerprint density at radius 3 is 3.00 bits per heavy atom. The second-order valence-electron chi connectivity index (χ2n) is 4.25. The first-order valence-corrected chi connectivity index (χ1v) is 6.27. The van der Waals surface area contributed by atoms with Crippen molar-refractivity contribution in [2.75, 3.05) is 31.2 Å². The molecule has 0 heterocycles. The lowest BCUT2D eigenvalue weighted by Gasteiger charge is -2.26. The molecule has 0 bridgehead atoms. The molecule has 3 heteroatoms. The molecular weight excluding hydrogens is 226 g/mol. The molecule has 1 N–H and O–H groups in total. The van der Waals surface area contributed by atoms with E-state index in [4.69, 9.17) is 4.74 Å². The maximum absolute atomic E-state index is 9.90. The first-order chi connectivity index (χ1) is 8.67. The molecule has 0 saturated heterocycles. The zero-order valence-corrected chi connectivity index (χ0v) is 11.2. The van der Waals surface area contributed by atoms with Crippen molar-refractivity contribution in [1.82, 2.24) is 0 Å². The Kier molecular flexibility index (Phi) is 6.47. The Bertz CT molecular complexity index is 365. The van der Waals surface area contributed by atoms with Crippen molar-refractivity contribution in [2.24, 2.45) is 0 Å². The molecule has 0 aliphatic carbocycles. The molecule has 1 atom stereocenters. The summed E-state index contributed by atoms with van der Waals surface area (Å²) >= 11 is 0. The van der Waals surface area contributed by atoms with Crippen LogP contribution in [0, 0.1) is 13.0 Å². The van der Waals surface area contributed by atoms with E-state index in [1.807, 2.05) is 19.1 Å². The number of benzene rings is 1. The van der Waals surface area contributed by atoms with Crippen molar-refractivity contribution in [3.8, 4) is 0 Å². The molecule has 1 radical (unpaired) electrons. The van der Waals surface area contributed by atoms with Crippen LogP contribution in [0.3, 0.4) is 0 Å². The summed E-state index contributed by atoms with van der Waals surface area (Å²) in [5, 5.41) is 9.90. The summed E-state index contributed by atoms with van der Waals surface area (Å²) in [4.78, 5) is 2.13. The van der Waals surface area contributed by atoms with Gasteiger partial charge in [0.15, 0.2) is 0 Å². The highest BCUT2D eigenvalue weighted by Crippen LogP contribution is 2.15. The van der Waals surface area contributed by atoms with Gasteiger partial charge in [0, 0.05) is 18.8 Å². The summed E-state index contributed by atoms with van der Waals surface area (Å²) in [5.41, 5.74) is 2.21. The average Bonchev–Trinajstić information content (AvgIpc) is 2.36. The maximum atomic E-state index is 9.90. The Balaban J connectivity index is 2.53.